The number of hydrogen-bond donors (Lipinski definition) is 2. The summed E-state index contributed by atoms with van der Waals surface area (Å²) in [6, 6.07) is 12.6. The number of rotatable bonds is 2. The molecule has 4 nitrogen and oxygen atoms in total. The Morgan fingerprint density at radius 3 is 2.68 bits per heavy atom. The number of nitrogens with zero attached hydrogens (tertiary/aromatic N) is 1. The number of carbonyl (C=O) groups excluding carboxylic acids is 1. The number of phenols is 1. The first kappa shape index (κ1) is 14.3. The van der Waals surface area contributed by atoms with Gasteiger partial charge in [-0.15, -0.1) is 0 Å². The average Bonchev–Trinajstić information content (AvgIpc) is 2.56. The SMILES string of the molecule is Cc1ccc(O)c2c1CCC/C2=N\NC(=O)c1ccccc1. The molecular formula is C18H18N2O2. The lowest BCUT2D eigenvalue weighted by molar-refractivity contribution is 0.0954. The molecule has 0 unspecified atom stereocenters. The van der Waals surface area contributed by atoms with E-state index in [1.54, 1.807) is 18.2 Å². The second kappa shape index (κ2) is 6.02. The molecule has 0 spiro atoms. The van der Waals surface area contributed by atoms with Crippen molar-refractivity contribution in [3.8, 4) is 5.75 Å². The zero-order valence-corrected chi connectivity index (χ0v) is 12.5. The number of fused-ring (bicyclic) bond motifs is 1. The Labute approximate surface area is 129 Å². The molecule has 0 bridgehead atoms. The van der Waals surface area contributed by atoms with Crippen LogP contribution in [0.3, 0.4) is 0 Å². The highest BCUT2D eigenvalue weighted by Crippen LogP contribution is 2.31. The molecule has 0 aromatic heterocycles. The van der Waals surface area contributed by atoms with E-state index in [4.69, 9.17) is 0 Å². The molecule has 22 heavy (non-hydrogen) atoms. The summed E-state index contributed by atoms with van der Waals surface area (Å²) in [6.07, 6.45) is 2.65. The quantitative estimate of drug-likeness (QED) is 0.836. The fourth-order valence-corrected chi connectivity index (χ4v) is 2.83. The summed E-state index contributed by atoms with van der Waals surface area (Å²) in [4.78, 5) is 12.1. The highest BCUT2D eigenvalue weighted by Gasteiger charge is 2.21. The first-order valence-corrected chi connectivity index (χ1v) is 7.40. The molecule has 0 saturated heterocycles. The predicted molar refractivity (Wildman–Crippen MR) is 86.2 cm³/mol. The number of nitrogens with one attached hydrogen (secondary N) is 1. The maximum atomic E-state index is 12.1. The molecule has 2 aromatic carbocycles. The first-order chi connectivity index (χ1) is 10.7. The van der Waals surface area contributed by atoms with Crippen molar-refractivity contribution in [3.05, 3.63) is 64.7 Å². The molecule has 1 aliphatic carbocycles. The Balaban J connectivity index is 1.88. The third-order valence-electron chi connectivity index (χ3n) is 3.98. The first-order valence-electron chi connectivity index (χ1n) is 7.40. The molecule has 4 heteroatoms. The van der Waals surface area contributed by atoms with Crippen LogP contribution in [0, 0.1) is 6.92 Å². The number of amides is 1. The van der Waals surface area contributed by atoms with Crippen LogP contribution in [0.5, 0.6) is 5.75 Å². The summed E-state index contributed by atoms with van der Waals surface area (Å²) in [5, 5.41) is 14.4. The number of phenolic OH excluding ortho intramolecular Hbond substituents is 1. The van der Waals surface area contributed by atoms with Gasteiger partial charge < -0.3 is 5.11 Å². The van der Waals surface area contributed by atoms with Crippen LogP contribution in [-0.4, -0.2) is 16.7 Å². The van der Waals surface area contributed by atoms with E-state index in [2.05, 4.69) is 10.5 Å². The van der Waals surface area contributed by atoms with Gasteiger partial charge in [0.05, 0.1) is 5.71 Å². The van der Waals surface area contributed by atoms with Gasteiger partial charge in [-0.05, 0) is 55.5 Å². The number of hydrazone groups is 1. The summed E-state index contributed by atoms with van der Waals surface area (Å²) in [7, 11) is 0. The molecule has 0 heterocycles. The van der Waals surface area contributed by atoms with Crippen LogP contribution in [0.1, 0.15) is 39.9 Å². The summed E-state index contributed by atoms with van der Waals surface area (Å²) in [5.74, 6) is -0.0135. The van der Waals surface area contributed by atoms with Gasteiger partial charge in [0.1, 0.15) is 5.75 Å². The van der Waals surface area contributed by atoms with Crippen LogP contribution >= 0.6 is 0 Å². The van der Waals surface area contributed by atoms with Crippen LogP contribution in [0.15, 0.2) is 47.6 Å². The van der Waals surface area contributed by atoms with Crippen molar-refractivity contribution >= 4 is 11.6 Å². The van der Waals surface area contributed by atoms with E-state index in [0.717, 1.165) is 41.7 Å². The summed E-state index contributed by atoms with van der Waals surface area (Å²) in [6.45, 7) is 2.03. The molecule has 0 saturated carbocycles. The molecule has 0 aliphatic heterocycles. The lowest BCUT2D eigenvalue weighted by Gasteiger charge is -2.21. The van der Waals surface area contributed by atoms with Gasteiger partial charge in [0.15, 0.2) is 0 Å². The van der Waals surface area contributed by atoms with Gasteiger partial charge in [-0.1, -0.05) is 24.3 Å². The molecule has 1 aliphatic rings. The van der Waals surface area contributed by atoms with E-state index in [1.807, 2.05) is 31.2 Å². The zero-order valence-electron chi connectivity index (χ0n) is 12.5. The van der Waals surface area contributed by atoms with E-state index >= 15 is 0 Å². The lowest BCUT2D eigenvalue weighted by atomic mass is 9.86. The normalized spacial score (nSPS) is 15.4. The topological polar surface area (TPSA) is 61.7 Å². The minimum atomic E-state index is -0.243. The van der Waals surface area contributed by atoms with E-state index in [-0.39, 0.29) is 11.7 Å². The van der Waals surface area contributed by atoms with Crippen LogP contribution in [0.2, 0.25) is 0 Å². The van der Waals surface area contributed by atoms with E-state index in [0.29, 0.717) is 5.56 Å². The number of aromatic hydroxyl groups is 1. The smallest absolute Gasteiger partial charge is 0.271 e. The monoisotopic (exact) mass is 294 g/mol. The highest BCUT2D eigenvalue weighted by molar-refractivity contribution is 6.06. The van der Waals surface area contributed by atoms with E-state index < -0.39 is 0 Å². The minimum Gasteiger partial charge on any atom is -0.507 e. The van der Waals surface area contributed by atoms with Gasteiger partial charge >= 0.3 is 0 Å². The number of benzene rings is 2. The molecule has 0 fully saturated rings. The lowest BCUT2D eigenvalue weighted by Crippen LogP contribution is -2.22. The largest absolute Gasteiger partial charge is 0.507 e. The van der Waals surface area contributed by atoms with Crippen molar-refractivity contribution < 1.29 is 9.90 Å². The van der Waals surface area contributed by atoms with Crippen molar-refractivity contribution in [2.24, 2.45) is 5.10 Å². The Hall–Kier alpha value is -2.62. The predicted octanol–water partition coefficient (Wildman–Crippen LogP) is 3.17. The molecule has 3 rings (SSSR count). The molecule has 2 N–H and O–H groups in total. The average molecular weight is 294 g/mol. The molecule has 0 atom stereocenters. The minimum absolute atomic E-state index is 0.230. The van der Waals surface area contributed by atoms with Crippen LogP contribution in [-0.2, 0) is 6.42 Å². The van der Waals surface area contributed by atoms with Crippen LogP contribution in [0.25, 0.3) is 0 Å². The standard InChI is InChI=1S/C18H18N2O2/c1-12-10-11-16(21)17-14(12)8-5-9-15(17)19-20-18(22)13-6-3-2-4-7-13/h2-4,6-7,10-11,21H,5,8-9H2,1H3,(H,20,22)/b19-15+. The van der Waals surface area contributed by atoms with Crippen LogP contribution < -0.4 is 5.43 Å². The highest BCUT2D eigenvalue weighted by atomic mass is 16.3. The molecule has 2 aromatic rings. The molecule has 112 valence electrons. The maximum absolute atomic E-state index is 12.1. The Morgan fingerprint density at radius 2 is 1.91 bits per heavy atom. The fourth-order valence-electron chi connectivity index (χ4n) is 2.83. The van der Waals surface area contributed by atoms with Gasteiger partial charge in [-0.25, -0.2) is 5.43 Å². The van der Waals surface area contributed by atoms with Crippen molar-refractivity contribution in [2.75, 3.05) is 0 Å². The van der Waals surface area contributed by atoms with Gasteiger partial charge in [0.25, 0.3) is 5.91 Å². The number of carbonyl (C=O) groups is 1. The molecular weight excluding hydrogens is 276 g/mol. The second-order valence-corrected chi connectivity index (χ2v) is 5.47. The number of aryl methyl sites for hydroxylation is 1. The van der Waals surface area contributed by atoms with Gasteiger partial charge in [-0.3, -0.25) is 4.79 Å². The van der Waals surface area contributed by atoms with Crippen LogP contribution in [0.4, 0.5) is 0 Å². The van der Waals surface area contributed by atoms with E-state index in [9.17, 15) is 9.90 Å². The molecule has 1 amide bonds. The summed E-state index contributed by atoms with van der Waals surface area (Å²) < 4.78 is 0. The second-order valence-electron chi connectivity index (χ2n) is 5.47. The fraction of sp³-hybridized carbons (Fsp3) is 0.222. The van der Waals surface area contributed by atoms with Crippen molar-refractivity contribution in [1.82, 2.24) is 5.43 Å². The Kier molecular flexibility index (Phi) is 3.92. The van der Waals surface area contributed by atoms with Gasteiger partial charge in [0.2, 0.25) is 0 Å². The Bertz CT molecular complexity index is 736. The summed E-state index contributed by atoms with van der Waals surface area (Å²) >= 11 is 0. The van der Waals surface area contributed by atoms with Gasteiger partial charge in [0, 0.05) is 11.1 Å². The number of hydrogen-bond acceptors (Lipinski definition) is 3. The van der Waals surface area contributed by atoms with Crippen molar-refractivity contribution in [1.29, 1.82) is 0 Å². The maximum Gasteiger partial charge on any atom is 0.271 e. The van der Waals surface area contributed by atoms with E-state index in [1.165, 1.54) is 0 Å². The third kappa shape index (κ3) is 2.72. The van der Waals surface area contributed by atoms with Gasteiger partial charge in [-0.2, -0.15) is 5.10 Å². The third-order valence-corrected chi connectivity index (χ3v) is 3.98. The van der Waals surface area contributed by atoms with Crippen molar-refractivity contribution in [3.63, 3.8) is 0 Å². The Morgan fingerprint density at radius 1 is 1.14 bits per heavy atom. The molecule has 0 radical (unpaired) electrons. The summed E-state index contributed by atoms with van der Waals surface area (Å²) in [5.41, 5.74) is 6.95. The van der Waals surface area contributed by atoms with Crippen molar-refractivity contribution in [2.45, 2.75) is 26.2 Å². The zero-order chi connectivity index (χ0) is 15.5.